The lowest BCUT2D eigenvalue weighted by Gasteiger charge is -2.16. The third-order valence-corrected chi connectivity index (χ3v) is 4.07. The molecule has 2 rings (SSSR count). The highest BCUT2D eigenvalue weighted by atomic mass is 35.5. The van der Waals surface area contributed by atoms with E-state index in [0.717, 1.165) is 4.90 Å². The van der Waals surface area contributed by atoms with E-state index < -0.39 is 29.9 Å². The highest BCUT2D eigenvalue weighted by Crippen LogP contribution is 2.32. The molecule has 2 N–H and O–H groups in total. The first kappa shape index (κ1) is 16.9. The van der Waals surface area contributed by atoms with E-state index in [1.807, 2.05) is 0 Å². The summed E-state index contributed by atoms with van der Waals surface area (Å²) >= 11 is 17.6. The van der Waals surface area contributed by atoms with Gasteiger partial charge in [-0.05, 0) is 26.0 Å². The molecule has 1 aliphatic heterocycles. The van der Waals surface area contributed by atoms with Gasteiger partial charge < -0.3 is 10.6 Å². The second-order valence-electron chi connectivity index (χ2n) is 5.24. The van der Waals surface area contributed by atoms with Crippen molar-refractivity contribution in [2.75, 3.05) is 11.9 Å². The summed E-state index contributed by atoms with van der Waals surface area (Å²) in [5.74, 6) is -1.06. The molecule has 0 spiro atoms. The van der Waals surface area contributed by atoms with Gasteiger partial charge in [-0.1, -0.05) is 34.8 Å². The zero-order valence-electron chi connectivity index (χ0n) is 11.7. The lowest BCUT2D eigenvalue weighted by Crippen LogP contribution is -2.41. The molecule has 9 heteroatoms. The summed E-state index contributed by atoms with van der Waals surface area (Å²) in [4.78, 5) is 36.5. The molecule has 1 aliphatic rings. The second-order valence-corrected chi connectivity index (χ2v) is 6.46. The van der Waals surface area contributed by atoms with E-state index in [-0.39, 0.29) is 20.8 Å². The fourth-order valence-corrected chi connectivity index (χ4v) is 2.51. The van der Waals surface area contributed by atoms with E-state index >= 15 is 0 Å². The highest BCUT2D eigenvalue weighted by molar-refractivity contribution is 6.44. The van der Waals surface area contributed by atoms with E-state index in [9.17, 15) is 14.4 Å². The summed E-state index contributed by atoms with van der Waals surface area (Å²) in [6.07, 6.45) is 0. The van der Waals surface area contributed by atoms with Gasteiger partial charge in [-0.2, -0.15) is 0 Å². The van der Waals surface area contributed by atoms with Gasteiger partial charge in [-0.25, -0.2) is 4.79 Å². The molecule has 0 atom stereocenters. The van der Waals surface area contributed by atoms with Crippen LogP contribution in [0, 0.1) is 0 Å². The molecular formula is C13H12Cl3N3O3. The fourth-order valence-electron chi connectivity index (χ4n) is 1.91. The number of hydrogen-bond donors (Lipinski definition) is 2. The van der Waals surface area contributed by atoms with Crippen LogP contribution in [0.2, 0.25) is 15.1 Å². The van der Waals surface area contributed by atoms with E-state index in [2.05, 4.69) is 10.6 Å². The Morgan fingerprint density at radius 1 is 1.18 bits per heavy atom. The maximum Gasteiger partial charge on any atom is 0.325 e. The van der Waals surface area contributed by atoms with Crippen LogP contribution in [-0.2, 0) is 9.59 Å². The van der Waals surface area contributed by atoms with Crippen molar-refractivity contribution < 1.29 is 14.4 Å². The van der Waals surface area contributed by atoms with Crippen molar-refractivity contribution in [3.05, 3.63) is 27.2 Å². The molecular weight excluding hydrogens is 353 g/mol. The lowest BCUT2D eigenvalue weighted by molar-refractivity contribution is -0.132. The maximum atomic E-state index is 12.0. The van der Waals surface area contributed by atoms with Gasteiger partial charge in [0.2, 0.25) is 5.91 Å². The standard InChI is InChI=1S/C13H12Cl3N3O3/c1-13(2)11(21)19(12(22)18-13)5-10(20)17-9-4-7(15)6(14)3-8(9)16/h3-4H,5H2,1-2H3,(H,17,20)(H,18,22). The number of amides is 4. The number of nitrogens with one attached hydrogen (secondary N) is 2. The quantitative estimate of drug-likeness (QED) is 0.639. The minimum absolute atomic E-state index is 0.195. The molecule has 0 bridgehead atoms. The van der Waals surface area contributed by atoms with Crippen LogP contribution >= 0.6 is 34.8 Å². The van der Waals surface area contributed by atoms with Crippen LogP contribution in [0.4, 0.5) is 10.5 Å². The van der Waals surface area contributed by atoms with Crippen molar-refractivity contribution in [2.24, 2.45) is 0 Å². The number of imide groups is 1. The maximum absolute atomic E-state index is 12.0. The van der Waals surface area contributed by atoms with Crippen molar-refractivity contribution in [3.63, 3.8) is 0 Å². The molecule has 118 valence electrons. The summed E-state index contributed by atoms with van der Waals surface area (Å²) in [6, 6.07) is 2.16. The average molecular weight is 365 g/mol. The SMILES string of the molecule is CC1(C)NC(=O)N(CC(=O)Nc2cc(Cl)c(Cl)cc2Cl)C1=O. The topological polar surface area (TPSA) is 78.5 Å². The number of anilines is 1. The molecule has 1 saturated heterocycles. The number of nitrogens with zero attached hydrogens (tertiary/aromatic N) is 1. The van der Waals surface area contributed by atoms with Gasteiger partial charge in [-0.15, -0.1) is 0 Å². The number of carbonyl (C=O) groups is 3. The first-order chi connectivity index (χ1) is 10.1. The Bertz CT molecular complexity index is 676. The number of urea groups is 1. The molecule has 1 heterocycles. The normalized spacial score (nSPS) is 16.7. The Morgan fingerprint density at radius 2 is 1.77 bits per heavy atom. The van der Waals surface area contributed by atoms with E-state index in [1.165, 1.54) is 12.1 Å². The highest BCUT2D eigenvalue weighted by Gasteiger charge is 2.44. The minimum Gasteiger partial charge on any atom is -0.324 e. The van der Waals surface area contributed by atoms with Crippen molar-refractivity contribution in [2.45, 2.75) is 19.4 Å². The van der Waals surface area contributed by atoms with Gasteiger partial charge in [0, 0.05) is 0 Å². The minimum atomic E-state index is -1.03. The van der Waals surface area contributed by atoms with E-state index in [0.29, 0.717) is 0 Å². The molecule has 6 nitrogen and oxygen atoms in total. The van der Waals surface area contributed by atoms with Crippen LogP contribution in [0.5, 0.6) is 0 Å². The Balaban J connectivity index is 2.10. The zero-order valence-corrected chi connectivity index (χ0v) is 13.9. The summed E-state index contributed by atoms with van der Waals surface area (Å²) in [5, 5.41) is 5.63. The van der Waals surface area contributed by atoms with Crippen LogP contribution in [0.15, 0.2) is 12.1 Å². The van der Waals surface area contributed by atoms with Gasteiger partial charge in [0.25, 0.3) is 5.91 Å². The molecule has 0 unspecified atom stereocenters. The largest absolute Gasteiger partial charge is 0.325 e. The Hall–Kier alpha value is -1.50. The number of halogens is 3. The molecule has 0 saturated carbocycles. The van der Waals surface area contributed by atoms with E-state index in [4.69, 9.17) is 34.8 Å². The number of benzene rings is 1. The van der Waals surface area contributed by atoms with Gasteiger partial charge in [0.1, 0.15) is 12.1 Å². The molecule has 4 amide bonds. The molecule has 0 aromatic heterocycles. The fraction of sp³-hybridized carbons (Fsp3) is 0.308. The number of carbonyl (C=O) groups excluding carboxylic acids is 3. The smallest absolute Gasteiger partial charge is 0.324 e. The Labute approximate surface area is 141 Å². The van der Waals surface area contributed by atoms with Gasteiger partial charge in [0.05, 0.1) is 20.8 Å². The molecule has 1 aromatic carbocycles. The number of hydrogen-bond acceptors (Lipinski definition) is 3. The van der Waals surface area contributed by atoms with Gasteiger partial charge in [0.15, 0.2) is 0 Å². The first-order valence-corrected chi connectivity index (χ1v) is 7.33. The third-order valence-electron chi connectivity index (χ3n) is 3.03. The predicted octanol–water partition coefficient (Wildman–Crippen LogP) is 2.92. The monoisotopic (exact) mass is 363 g/mol. The summed E-state index contributed by atoms with van der Waals surface area (Å²) in [5.41, 5.74) is -0.786. The molecule has 22 heavy (non-hydrogen) atoms. The molecule has 1 aromatic rings. The first-order valence-electron chi connectivity index (χ1n) is 6.20. The second kappa shape index (κ2) is 5.95. The Morgan fingerprint density at radius 3 is 2.32 bits per heavy atom. The van der Waals surface area contributed by atoms with Crippen LogP contribution < -0.4 is 10.6 Å². The lowest BCUT2D eigenvalue weighted by atomic mass is 10.1. The predicted molar refractivity (Wildman–Crippen MR) is 84.4 cm³/mol. The van der Waals surface area contributed by atoms with Gasteiger partial charge >= 0.3 is 6.03 Å². The van der Waals surface area contributed by atoms with Crippen molar-refractivity contribution in [1.29, 1.82) is 0 Å². The molecule has 0 aliphatic carbocycles. The molecule has 1 fully saturated rings. The summed E-state index contributed by atoms with van der Waals surface area (Å²) in [6.45, 7) is 2.69. The van der Waals surface area contributed by atoms with Crippen LogP contribution in [-0.4, -0.2) is 34.8 Å². The third kappa shape index (κ3) is 3.29. The number of rotatable bonds is 3. The van der Waals surface area contributed by atoms with Crippen LogP contribution in [0.3, 0.4) is 0 Å². The van der Waals surface area contributed by atoms with E-state index in [1.54, 1.807) is 13.8 Å². The summed E-state index contributed by atoms with van der Waals surface area (Å²) in [7, 11) is 0. The molecule has 0 radical (unpaired) electrons. The van der Waals surface area contributed by atoms with Crippen molar-refractivity contribution in [1.82, 2.24) is 10.2 Å². The Kier molecular flexibility index (Phi) is 4.56. The van der Waals surface area contributed by atoms with Crippen molar-refractivity contribution >= 4 is 58.3 Å². The van der Waals surface area contributed by atoms with Crippen LogP contribution in [0.25, 0.3) is 0 Å². The summed E-state index contributed by atoms with van der Waals surface area (Å²) < 4.78 is 0. The van der Waals surface area contributed by atoms with Crippen molar-refractivity contribution in [3.8, 4) is 0 Å². The average Bonchev–Trinajstić information content (AvgIpc) is 2.58. The van der Waals surface area contributed by atoms with Gasteiger partial charge in [-0.3, -0.25) is 14.5 Å². The zero-order chi connectivity index (χ0) is 16.7. The van der Waals surface area contributed by atoms with Crippen LogP contribution in [0.1, 0.15) is 13.8 Å².